The number of thiophene rings is 1. The van der Waals surface area contributed by atoms with E-state index in [-0.39, 0.29) is 0 Å². The van der Waals surface area contributed by atoms with Crippen molar-refractivity contribution in [3.63, 3.8) is 0 Å². The highest BCUT2D eigenvalue weighted by atomic mass is 32.1. The SMILES string of the molecule is c1ccc(-c2cc(-c3ccccc3)nc(-c3cccc(-c4cccc5sc6ccc(-c7ccc(-c8ccc9c%10ccccc%10c%10ccccc%10c9c8)cc7)cc6c45)c3)n2)cc1. The van der Waals surface area contributed by atoms with Crippen LogP contribution in [0.5, 0.6) is 0 Å². The van der Waals surface area contributed by atoms with Crippen molar-refractivity contribution in [2.24, 2.45) is 0 Å². The van der Waals surface area contributed by atoms with Gasteiger partial charge in [0.25, 0.3) is 0 Å². The lowest BCUT2D eigenvalue weighted by atomic mass is 9.91. The van der Waals surface area contributed by atoms with Crippen molar-refractivity contribution in [2.45, 2.75) is 0 Å². The molecule has 0 aliphatic rings. The Hall–Kier alpha value is -7.72. The van der Waals surface area contributed by atoms with Crippen LogP contribution in [0.15, 0.2) is 218 Å². The van der Waals surface area contributed by atoms with Crippen LogP contribution in [0.1, 0.15) is 0 Å². The van der Waals surface area contributed by atoms with Crippen LogP contribution in [0.4, 0.5) is 0 Å². The van der Waals surface area contributed by atoms with Gasteiger partial charge in [-0.3, -0.25) is 0 Å². The van der Waals surface area contributed by atoms with Crippen LogP contribution >= 0.6 is 11.3 Å². The fourth-order valence-corrected chi connectivity index (χ4v) is 10.2. The molecule has 0 saturated heterocycles. The van der Waals surface area contributed by atoms with Gasteiger partial charge in [0, 0.05) is 36.9 Å². The highest BCUT2D eigenvalue weighted by Gasteiger charge is 2.16. The molecule has 12 rings (SSSR count). The van der Waals surface area contributed by atoms with E-state index in [9.17, 15) is 0 Å². The molecule has 0 aliphatic carbocycles. The van der Waals surface area contributed by atoms with Gasteiger partial charge in [0.05, 0.1) is 11.4 Å². The summed E-state index contributed by atoms with van der Waals surface area (Å²) in [5, 5.41) is 10.3. The van der Waals surface area contributed by atoms with E-state index < -0.39 is 0 Å². The lowest BCUT2D eigenvalue weighted by Crippen LogP contribution is -1.96. The smallest absolute Gasteiger partial charge is 0.160 e. The number of hydrogen-bond acceptors (Lipinski definition) is 3. The average molecular weight is 793 g/mol. The number of fused-ring (bicyclic) bond motifs is 9. The molecule has 12 aromatic rings. The molecule has 284 valence electrons. The average Bonchev–Trinajstić information content (AvgIpc) is 3.73. The Kier molecular flexibility index (Phi) is 8.39. The first kappa shape index (κ1) is 35.2. The molecule has 61 heavy (non-hydrogen) atoms. The summed E-state index contributed by atoms with van der Waals surface area (Å²) in [7, 11) is 0. The Balaban J connectivity index is 0.921. The molecule has 0 bridgehead atoms. The molecule has 0 saturated carbocycles. The van der Waals surface area contributed by atoms with Gasteiger partial charge in [0.2, 0.25) is 0 Å². The number of hydrogen-bond donors (Lipinski definition) is 0. The molecule has 10 aromatic carbocycles. The van der Waals surface area contributed by atoms with Crippen LogP contribution < -0.4 is 0 Å². The van der Waals surface area contributed by atoms with Crippen molar-refractivity contribution in [1.29, 1.82) is 0 Å². The van der Waals surface area contributed by atoms with Gasteiger partial charge in [-0.2, -0.15) is 0 Å². The first-order valence-corrected chi connectivity index (χ1v) is 21.5. The minimum atomic E-state index is 0.709. The van der Waals surface area contributed by atoms with Crippen LogP contribution in [0.25, 0.3) is 120 Å². The summed E-state index contributed by atoms with van der Waals surface area (Å²) in [4.78, 5) is 10.3. The lowest BCUT2D eigenvalue weighted by molar-refractivity contribution is 1.18. The summed E-state index contributed by atoms with van der Waals surface area (Å²) in [6.45, 7) is 0. The topological polar surface area (TPSA) is 25.8 Å². The molecule has 0 atom stereocenters. The molecule has 2 nitrogen and oxygen atoms in total. The largest absolute Gasteiger partial charge is 0.228 e. The monoisotopic (exact) mass is 792 g/mol. The molecule has 0 amide bonds. The van der Waals surface area contributed by atoms with Crippen molar-refractivity contribution in [3.05, 3.63) is 218 Å². The molecule has 2 aromatic heterocycles. The van der Waals surface area contributed by atoms with E-state index in [0.717, 1.165) is 33.6 Å². The maximum atomic E-state index is 5.13. The van der Waals surface area contributed by atoms with Crippen LogP contribution in [0.2, 0.25) is 0 Å². The molecular weight excluding hydrogens is 757 g/mol. The third kappa shape index (κ3) is 6.18. The predicted octanol–water partition coefficient (Wildman–Crippen LogP) is 16.3. The summed E-state index contributed by atoms with van der Waals surface area (Å²) < 4.78 is 2.55. The molecule has 0 N–H and O–H groups in total. The lowest BCUT2D eigenvalue weighted by Gasteiger charge is -2.12. The van der Waals surface area contributed by atoms with Gasteiger partial charge in [-0.05, 0) is 102 Å². The molecular formula is C58H36N2S. The normalized spacial score (nSPS) is 11.6. The summed E-state index contributed by atoms with van der Waals surface area (Å²) in [5.41, 5.74) is 12.1. The maximum Gasteiger partial charge on any atom is 0.160 e. The second-order valence-corrected chi connectivity index (χ2v) is 16.8. The molecule has 0 spiro atoms. The van der Waals surface area contributed by atoms with E-state index in [1.165, 1.54) is 80.3 Å². The van der Waals surface area contributed by atoms with Gasteiger partial charge in [0.1, 0.15) is 0 Å². The van der Waals surface area contributed by atoms with E-state index in [4.69, 9.17) is 9.97 Å². The summed E-state index contributed by atoms with van der Waals surface area (Å²) >= 11 is 1.85. The zero-order chi connectivity index (χ0) is 40.3. The third-order valence-corrected chi connectivity index (χ3v) is 13.2. The Labute approximate surface area is 357 Å². The van der Waals surface area contributed by atoms with Crippen molar-refractivity contribution in [1.82, 2.24) is 9.97 Å². The highest BCUT2D eigenvalue weighted by Crippen LogP contribution is 2.43. The minimum Gasteiger partial charge on any atom is -0.228 e. The van der Waals surface area contributed by atoms with Gasteiger partial charge < -0.3 is 0 Å². The number of aromatic nitrogens is 2. The Bertz CT molecular complexity index is 3530. The minimum absolute atomic E-state index is 0.709. The van der Waals surface area contributed by atoms with Crippen molar-refractivity contribution >= 4 is 63.8 Å². The number of nitrogens with zero attached hydrogens (tertiary/aromatic N) is 2. The van der Waals surface area contributed by atoms with Crippen LogP contribution in [0.3, 0.4) is 0 Å². The van der Waals surface area contributed by atoms with Crippen molar-refractivity contribution < 1.29 is 0 Å². The van der Waals surface area contributed by atoms with Gasteiger partial charge >= 0.3 is 0 Å². The summed E-state index contributed by atoms with van der Waals surface area (Å²) in [5.74, 6) is 0.709. The summed E-state index contributed by atoms with van der Waals surface area (Å²) in [6, 6.07) is 78.7. The molecule has 0 aliphatic heterocycles. The summed E-state index contributed by atoms with van der Waals surface area (Å²) in [6.07, 6.45) is 0. The Morgan fingerprint density at radius 2 is 0.738 bits per heavy atom. The first-order chi connectivity index (χ1) is 30.2. The predicted molar refractivity (Wildman–Crippen MR) is 260 cm³/mol. The Morgan fingerprint density at radius 1 is 0.262 bits per heavy atom. The van der Waals surface area contributed by atoms with Gasteiger partial charge in [-0.15, -0.1) is 11.3 Å². The van der Waals surface area contributed by atoms with E-state index in [1.807, 2.05) is 23.5 Å². The van der Waals surface area contributed by atoms with E-state index in [0.29, 0.717) is 5.82 Å². The van der Waals surface area contributed by atoms with Crippen LogP contribution in [-0.2, 0) is 0 Å². The second-order valence-electron chi connectivity index (χ2n) is 15.7. The first-order valence-electron chi connectivity index (χ1n) is 20.7. The van der Waals surface area contributed by atoms with Gasteiger partial charge in [0.15, 0.2) is 5.82 Å². The van der Waals surface area contributed by atoms with Gasteiger partial charge in [-0.1, -0.05) is 182 Å². The molecule has 2 heterocycles. The molecule has 3 heteroatoms. The molecule has 0 radical (unpaired) electrons. The van der Waals surface area contributed by atoms with Crippen molar-refractivity contribution in [2.75, 3.05) is 0 Å². The van der Waals surface area contributed by atoms with E-state index in [2.05, 4.69) is 206 Å². The standard InChI is InChI=1S/C58H36N2S/c1-3-13-39(14-4-1)53-36-54(40-15-5-2-6-16-40)60-58(59-53)44-18-11-17-43(33-44)45-23-12-24-56-57(45)52-35-42(30-32-55(52)61-56)38-27-25-37(26-28-38)41-29-31-50-48-21-8-7-19-46(48)47-20-9-10-22-49(47)51(50)34-41/h1-36H. The Morgan fingerprint density at radius 3 is 1.36 bits per heavy atom. The third-order valence-electron chi connectivity index (χ3n) is 12.1. The van der Waals surface area contributed by atoms with Gasteiger partial charge in [-0.25, -0.2) is 9.97 Å². The quantitative estimate of drug-likeness (QED) is 0.157. The fourth-order valence-electron chi connectivity index (χ4n) is 9.11. The van der Waals surface area contributed by atoms with Crippen LogP contribution in [0, 0.1) is 0 Å². The fraction of sp³-hybridized carbons (Fsp3) is 0. The van der Waals surface area contributed by atoms with E-state index in [1.54, 1.807) is 0 Å². The number of benzene rings is 10. The van der Waals surface area contributed by atoms with Crippen LogP contribution in [-0.4, -0.2) is 9.97 Å². The highest BCUT2D eigenvalue weighted by molar-refractivity contribution is 7.26. The maximum absolute atomic E-state index is 5.13. The van der Waals surface area contributed by atoms with E-state index >= 15 is 0 Å². The van der Waals surface area contributed by atoms with Crippen molar-refractivity contribution in [3.8, 4) is 67.3 Å². The molecule has 0 fully saturated rings. The second kappa shape index (κ2) is 14.5. The molecule has 0 unspecified atom stereocenters. The number of rotatable bonds is 6. The zero-order valence-corrected chi connectivity index (χ0v) is 33.9. The zero-order valence-electron chi connectivity index (χ0n) is 33.1.